The predicted octanol–water partition coefficient (Wildman–Crippen LogP) is 0.891. The maximum Gasteiger partial charge on any atom is 0.238 e. The molecule has 6 heteroatoms. The Labute approximate surface area is 115 Å². The Hall–Kier alpha value is -0.950. The van der Waals surface area contributed by atoms with Crippen molar-refractivity contribution in [3.8, 4) is 0 Å². The molecule has 1 unspecified atom stereocenters. The molecule has 1 aromatic carbocycles. The molecular weight excluding hydrogens is 264 g/mol. The van der Waals surface area contributed by atoms with Gasteiger partial charge in [-0.25, -0.2) is 13.6 Å². The topological polar surface area (TPSA) is 81.4 Å². The highest BCUT2D eigenvalue weighted by Crippen LogP contribution is 2.09. The number of rotatable bonds is 8. The van der Waals surface area contributed by atoms with Crippen LogP contribution in [0.25, 0.3) is 0 Å². The van der Waals surface area contributed by atoms with Crippen LogP contribution in [0.2, 0.25) is 0 Å². The molecule has 0 spiro atoms. The molecule has 1 aromatic rings. The molecule has 1 rings (SSSR count). The summed E-state index contributed by atoms with van der Waals surface area (Å²) < 4.78 is 27.2. The zero-order chi connectivity index (χ0) is 14.3. The van der Waals surface area contributed by atoms with Crippen LogP contribution >= 0.6 is 0 Å². The van der Waals surface area contributed by atoms with E-state index in [1.807, 2.05) is 0 Å². The molecular formula is C13H22N2O3S. The van der Waals surface area contributed by atoms with Crippen molar-refractivity contribution in [1.29, 1.82) is 0 Å². The van der Waals surface area contributed by atoms with Gasteiger partial charge in [0.15, 0.2) is 0 Å². The van der Waals surface area contributed by atoms with Gasteiger partial charge >= 0.3 is 0 Å². The lowest BCUT2D eigenvalue weighted by atomic mass is 10.1. The van der Waals surface area contributed by atoms with Crippen LogP contribution in [-0.2, 0) is 21.2 Å². The highest BCUT2D eigenvalue weighted by molar-refractivity contribution is 7.89. The van der Waals surface area contributed by atoms with Gasteiger partial charge in [0.05, 0.1) is 4.90 Å². The van der Waals surface area contributed by atoms with E-state index in [1.54, 1.807) is 31.4 Å². The first-order valence-corrected chi connectivity index (χ1v) is 7.82. The van der Waals surface area contributed by atoms with Gasteiger partial charge in [0.2, 0.25) is 10.0 Å². The Morgan fingerprint density at radius 2 is 1.95 bits per heavy atom. The number of hydrogen-bond acceptors (Lipinski definition) is 4. The van der Waals surface area contributed by atoms with Crippen LogP contribution in [0.5, 0.6) is 0 Å². The summed E-state index contributed by atoms with van der Waals surface area (Å²) >= 11 is 0. The second-order valence-electron chi connectivity index (χ2n) is 4.58. The fourth-order valence-corrected chi connectivity index (χ4v) is 2.22. The van der Waals surface area contributed by atoms with Crippen LogP contribution in [0.1, 0.15) is 18.9 Å². The fourth-order valence-electron chi connectivity index (χ4n) is 1.71. The van der Waals surface area contributed by atoms with Gasteiger partial charge in [-0.15, -0.1) is 0 Å². The minimum Gasteiger partial charge on any atom is -0.385 e. The molecule has 0 saturated heterocycles. The fraction of sp³-hybridized carbons (Fsp3) is 0.538. The number of primary sulfonamides is 1. The molecule has 19 heavy (non-hydrogen) atoms. The van der Waals surface area contributed by atoms with Crippen molar-refractivity contribution in [3.05, 3.63) is 29.8 Å². The average molecular weight is 286 g/mol. The minimum atomic E-state index is -3.59. The summed E-state index contributed by atoms with van der Waals surface area (Å²) in [6.45, 7) is 3.71. The van der Waals surface area contributed by atoms with Gasteiger partial charge < -0.3 is 10.1 Å². The summed E-state index contributed by atoms with van der Waals surface area (Å²) in [6.07, 6.45) is 1.82. The van der Waals surface area contributed by atoms with E-state index >= 15 is 0 Å². The second-order valence-corrected chi connectivity index (χ2v) is 6.14. The number of methoxy groups -OCH3 is 1. The van der Waals surface area contributed by atoms with E-state index in [0.29, 0.717) is 6.04 Å². The van der Waals surface area contributed by atoms with E-state index in [-0.39, 0.29) is 4.90 Å². The zero-order valence-corrected chi connectivity index (χ0v) is 12.2. The molecule has 3 N–H and O–H groups in total. The van der Waals surface area contributed by atoms with E-state index in [0.717, 1.165) is 31.6 Å². The van der Waals surface area contributed by atoms with Crippen molar-refractivity contribution < 1.29 is 13.2 Å². The second kappa shape index (κ2) is 7.59. The molecule has 0 amide bonds. The lowest BCUT2D eigenvalue weighted by molar-refractivity contribution is 0.185. The highest BCUT2D eigenvalue weighted by Gasteiger charge is 2.06. The quantitative estimate of drug-likeness (QED) is 0.743. The van der Waals surface area contributed by atoms with Gasteiger partial charge in [-0.05, 0) is 44.0 Å². The van der Waals surface area contributed by atoms with Crippen LogP contribution in [0.4, 0.5) is 0 Å². The Morgan fingerprint density at radius 3 is 2.47 bits per heavy atom. The Morgan fingerprint density at radius 1 is 1.32 bits per heavy atom. The molecule has 0 aliphatic rings. The molecule has 0 aromatic heterocycles. The molecule has 0 aliphatic carbocycles. The summed E-state index contributed by atoms with van der Waals surface area (Å²) in [5.74, 6) is 0. The third-order valence-corrected chi connectivity index (χ3v) is 3.84. The van der Waals surface area contributed by atoms with Gasteiger partial charge in [0.1, 0.15) is 0 Å². The summed E-state index contributed by atoms with van der Waals surface area (Å²) in [6, 6.07) is 7.07. The van der Waals surface area contributed by atoms with Crippen LogP contribution in [0.3, 0.4) is 0 Å². The number of sulfonamides is 1. The monoisotopic (exact) mass is 286 g/mol. The first-order valence-electron chi connectivity index (χ1n) is 6.27. The number of hydrogen-bond donors (Lipinski definition) is 2. The maximum atomic E-state index is 11.1. The van der Waals surface area contributed by atoms with Crippen LogP contribution in [0.15, 0.2) is 29.2 Å². The van der Waals surface area contributed by atoms with Crippen molar-refractivity contribution in [1.82, 2.24) is 5.32 Å². The Kier molecular flexibility index (Phi) is 6.44. The summed E-state index contributed by atoms with van der Waals surface area (Å²) in [7, 11) is -1.90. The Balaban J connectivity index is 2.38. The van der Waals surface area contributed by atoms with Crippen molar-refractivity contribution in [2.45, 2.75) is 30.7 Å². The standard InChI is InChI=1S/C13H22N2O3S/c1-11(8-10-18-2)15-9-7-12-3-5-13(6-4-12)19(14,16)17/h3-6,11,15H,7-10H2,1-2H3,(H2,14,16,17). The zero-order valence-electron chi connectivity index (χ0n) is 11.4. The third-order valence-electron chi connectivity index (χ3n) is 2.91. The predicted molar refractivity (Wildman–Crippen MR) is 75.5 cm³/mol. The maximum absolute atomic E-state index is 11.1. The molecule has 0 radical (unpaired) electrons. The molecule has 0 aliphatic heterocycles. The van der Waals surface area contributed by atoms with E-state index in [9.17, 15) is 8.42 Å². The van der Waals surface area contributed by atoms with Crippen molar-refractivity contribution in [2.75, 3.05) is 20.3 Å². The molecule has 0 heterocycles. The first-order chi connectivity index (χ1) is 8.93. The van der Waals surface area contributed by atoms with Crippen LogP contribution in [0, 0.1) is 0 Å². The number of nitrogens with two attached hydrogens (primary N) is 1. The van der Waals surface area contributed by atoms with E-state index in [1.165, 1.54) is 0 Å². The molecule has 5 nitrogen and oxygen atoms in total. The van der Waals surface area contributed by atoms with Gasteiger partial charge in [0, 0.05) is 19.8 Å². The van der Waals surface area contributed by atoms with Gasteiger partial charge in [0.25, 0.3) is 0 Å². The highest BCUT2D eigenvalue weighted by atomic mass is 32.2. The summed E-state index contributed by atoms with van der Waals surface area (Å²) in [5, 5.41) is 8.43. The van der Waals surface area contributed by atoms with Gasteiger partial charge in [-0.1, -0.05) is 12.1 Å². The van der Waals surface area contributed by atoms with Gasteiger partial charge in [-0.2, -0.15) is 0 Å². The largest absolute Gasteiger partial charge is 0.385 e. The van der Waals surface area contributed by atoms with Crippen LogP contribution < -0.4 is 10.5 Å². The molecule has 0 bridgehead atoms. The van der Waals surface area contributed by atoms with Crippen molar-refractivity contribution in [2.24, 2.45) is 5.14 Å². The van der Waals surface area contributed by atoms with Crippen molar-refractivity contribution in [3.63, 3.8) is 0 Å². The smallest absolute Gasteiger partial charge is 0.238 e. The van der Waals surface area contributed by atoms with E-state index < -0.39 is 10.0 Å². The summed E-state index contributed by atoms with van der Waals surface area (Å²) in [5.41, 5.74) is 1.08. The normalized spacial score (nSPS) is 13.4. The minimum absolute atomic E-state index is 0.151. The number of ether oxygens (including phenoxy) is 1. The molecule has 1 atom stereocenters. The number of nitrogens with one attached hydrogen (secondary N) is 1. The van der Waals surface area contributed by atoms with Crippen LogP contribution in [-0.4, -0.2) is 34.7 Å². The lowest BCUT2D eigenvalue weighted by Crippen LogP contribution is -2.29. The first kappa shape index (κ1) is 16.1. The molecule has 0 fully saturated rings. The molecule has 108 valence electrons. The third kappa shape index (κ3) is 6.15. The average Bonchev–Trinajstić information content (AvgIpc) is 2.36. The lowest BCUT2D eigenvalue weighted by Gasteiger charge is -2.13. The SMILES string of the molecule is COCCC(C)NCCc1ccc(S(N)(=O)=O)cc1. The van der Waals surface area contributed by atoms with E-state index in [4.69, 9.17) is 9.88 Å². The summed E-state index contributed by atoms with van der Waals surface area (Å²) in [4.78, 5) is 0.151. The van der Waals surface area contributed by atoms with E-state index in [2.05, 4.69) is 12.2 Å². The molecule has 0 saturated carbocycles. The number of benzene rings is 1. The van der Waals surface area contributed by atoms with Crippen molar-refractivity contribution >= 4 is 10.0 Å². The van der Waals surface area contributed by atoms with Gasteiger partial charge in [-0.3, -0.25) is 0 Å². The Bertz CT molecular complexity index is 471.